The zero-order valence-electron chi connectivity index (χ0n) is 13.6. The standard InChI is InChI=1S/C17H23FN2O2/c1-5-12(8-9-21-4)16-19-20-17(22-16)14-7-6-13(11(2)3)10-15(14)18/h6-7,10-12H,5,8-9H2,1-4H3. The smallest absolute Gasteiger partial charge is 0.250 e. The summed E-state index contributed by atoms with van der Waals surface area (Å²) >= 11 is 0. The van der Waals surface area contributed by atoms with E-state index in [-0.39, 0.29) is 23.5 Å². The Morgan fingerprint density at radius 1 is 1.27 bits per heavy atom. The Hall–Kier alpha value is -1.75. The molecule has 0 radical (unpaired) electrons. The van der Waals surface area contributed by atoms with Crippen LogP contribution in [-0.4, -0.2) is 23.9 Å². The molecule has 1 aromatic carbocycles. The molecule has 0 aliphatic rings. The minimum absolute atomic E-state index is 0.138. The van der Waals surface area contributed by atoms with Crippen LogP contribution in [0.3, 0.4) is 0 Å². The van der Waals surface area contributed by atoms with Gasteiger partial charge in [-0.1, -0.05) is 26.8 Å². The average molecular weight is 306 g/mol. The largest absolute Gasteiger partial charge is 0.420 e. The van der Waals surface area contributed by atoms with E-state index in [1.54, 1.807) is 13.2 Å². The molecule has 1 unspecified atom stereocenters. The van der Waals surface area contributed by atoms with E-state index in [1.165, 1.54) is 6.07 Å². The Bertz CT molecular complexity index is 610. The third-order valence-corrected chi connectivity index (χ3v) is 3.84. The van der Waals surface area contributed by atoms with Gasteiger partial charge < -0.3 is 9.15 Å². The van der Waals surface area contributed by atoms with Crippen LogP contribution in [0.1, 0.15) is 56.9 Å². The first-order valence-electron chi connectivity index (χ1n) is 7.69. The predicted octanol–water partition coefficient (Wildman–Crippen LogP) is 4.53. The van der Waals surface area contributed by atoms with E-state index in [0.717, 1.165) is 18.4 Å². The molecule has 0 aliphatic carbocycles. The molecule has 120 valence electrons. The van der Waals surface area contributed by atoms with Gasteiger partial charge in [-0.05, 0) is 36.5 Å². The quantitative estimate of drug-likeness (QED) is 0.754. The van der Waals surface area contributed by atoms with Crippen molar-refractivity contribution in [2.24, 2.45) is 0 Å². The molecule has 2 aromatic rings. The first-order valence-corrected chi connectivity index (χ1v) is 7.69. The molecule has 0 aliphatic heterocycles. The van der Waals surface area contributed by atoms with Crippen molar-refractivity contribution >= 4 is 0 Å². The van der Waals surface area contributed by atoms with E-state index in [4.69, 9.17) is 9.15 Å². The summed E-state index contributed by atoms with van der Waals surface area (Å²) in [5.41, 5.74) is 1.30. The highest BCUT2D eigenvalue weighted by Crippen LogP contribution is 2.28. The van der Waals surface area contributed by atoms with Crippen LogP contribution in [0.2, 0.25) is 0 Å². The second-order valence-electron chi connectivity index (χ2n) is 5.73. The summed E-state index contributed by atoms with van der Waals surface area (Å²) in [6, 6.07) is 5.14. The van der Waals surface area contributed by atoms with Crippen molar-refractivity contribution in [3.63, 3.8) is 0 Å². The number of benzene rings is 1. The summed E-state index contributed by atoms with van der Waals surface area (Å²) in [6.07, 6.45) is 1.68. The van der Waals surface area contributed by atoms with Crippen molar-refractivity contribution in [3.05, 3.63) is 35.5 Å². The van der Waals surface area contributed by atoms with Crippen LogP contribution in [-0.2, 0) is 4.74 Å². The van der Waals surface area contributed by atoms with Crippen molar-refractivity contribution < 1.29 is 13.5 Å². The van der Waals surface area contributed by atoms with Gasteiger partial charge in [-0.3, -0.25) is 0 Å². The fraction of sp³-hybridized carbons (Fsp3) is 0.529. The maximum atomic E-state index is 14.2. The Morgan fingerprint density at radius 2 is 2.05 bits per heavy atom. The lowest BCUT2D eigenvalue weighted by Gasteiger charge is -2.09. The third-order valence-electron chi connectivity index (χ3n) is 3.84. The first kappa shape index (κ1) is 16.6. The van der Waals surface area contributed by atoms with Crippen molar-refractivity contribution in [2.75, 3.05) is 13.7 Å². The van der Waals surface area contributed by atoms with Crippen LogP contribution in [0.5, 0.6) is 0 Å². The van der Waals surface area contributed by atoms with Gasteiger partial charge in [-0.25, -0.2) is 4.39 Å². The third kappa shape index (κ3) is 3.71. The minimum Gasteiger partial charge on any atom is -0.420 e. The zero-order valence-corrected chi connectivity index (χ0v) is 13.6. The molecule has 0 saturated carbocycles. The number of ether oxygens (including phenoxy) is 1. The Balaban J connectivity index is 2.24. The summed E-state index contributed by atoms with van der Waals surface area (Å²) in [6.45, 7) is 6.75. The maximum absolute atomic E-state index is 14.2. The molecule has 0 bridgehead atoms. The molecule has 22 heavy (non-hydrogen) atoms. The number of hydrogen-bond donors (Lipinski definition) is 0. The number of halogens is 1. The highest BCUT2D eigenvalue weighted by atomic mass is 19.1. The van der Waals surface area contributed by atoms with E-state index in [2.05, 4.69) is 17.1 Å². The van der Waals surface area contributed by atoms with E-state index in [9.17, 15) is 4.39 Å². The molecule has 0 N–H and O–H groups in total. The number of rotatable bonds is 7. The first-order chi connectivity index (χ1) is 10.6. The maximum Gasteiger partial charge on any atom is 0.250 e. The Labute approximate surface area is 130 Å². The van der Waals surface area contributed by atoms with Crippen molar-refractivity contribution in [2.45, 2.75) is 45.4 Å². The lowest BCUT2D eigenvalue weighted by Crippen LogP contribution is -2.02. The number of nitrogens with zero attached hydrogens (tertiary/aromatic N) is 2. The molecule has 1 atom stereocenters. The van der Waals surface area contributed by atoms with E-state index < -0.39 is 0 Å². The molecule has 0 amide bonds. The number of aromatic nitrogens is 2. The molecule has 1 heterocycles. The Kier molecular flexibility index (Phi) is 5.66. The molecule has 0 fully saturated rings. The monoisotopic (exact) mass is 306 g/mol. The zero-order chi connectivity index (χ0) is 16.1. The van der Waals surface area contributed by atoms with Crippen LogP contribution in [0.25, 0.3) is 11.5 Å². The van der Waals surface area contributed by atoms with E-state index in [1.807, 2.05) is 19.9 Å². The second-order valence-corrected chi connectivity index (χ2v) is 5.73. The number of hydrogen-bond acceptors (Lipinski definition) is 4. The molecule has 5 heteroatoms. The van der Waals surface area contributed by atoms with E-state index >= 15 is 0 Å². The molecule has 0 spiro atoms. The topological polar surface area (TPSA) is 48.2 Å². The lowest BCUT2D eigenvalue weighted by atomic mass is 10.0. The van der Waals surface area contributed by atoms with Gasteiger partial charge in [0.05, 0.1) is 5.56 Å². The molecule has 1 aromatic heterocycles. The summed E-state index contributed by atoms with van der Waals surface area (Å²) in [5, 5.41) is 8.08. The molecule has 4 nitrogen and oxygen atoms in total. The van der Waals surface area contributed by atoms with Gasteiger partial charge in [0, 0.05) is 19.6 Å². The van der Waals surface area contributed by atoms with Crippen LogP contribution in [0.4, 0.5) is 4.39 Å². The molecular formula is C17H23FN2O2. The van der Waals surface area contributed by atoms with Gasteiger partial charge in [0.25, 0.3) is 5.89 Å². The van der Waals surface area contributed by atoms with Crippen molar-refractivity contribution in [1.29, 1.82) is 0 Å². The van der Waals surface area contributed by atoms with Crippen LogP contribution in [0.15, 0.2) is 22.6 Å². The number of methoxy groups -OCH3 is 1. The van der Waals surface area contributed by atoms with Gasteiger partial charge in [-0.2, -0.15) is 0 Å². The Morgan fingerprint density at radius 3 is 2.64 bits per heavy atom. The van der Waals surface area contributed by atoms with Crippen LogP contribution in [0, 0.1) is 5.82 Å². The molecule has 2 rings (SSSR count). The van der Waals surface area contributed by atoms with E-state index in [0.29, 0.717) is 18.1 Å². The molecule has 0 saturated heterocycles. The van der Waals surface area contributed by atoms with Gasteiger partial charge in [0.15, 0.2) is 0 Å². The summed E-state index contributed by atoms with van der Waals surface area (Å²) in [4.78, 5) is 0. The van der Waals surface area contributed by atoms with Gasteiger partial charge in [-0.15, -0.1) is 10.2 Å². The van der Waals surface area contributed by atoms with Crippen molar-refractivity contribution in [1.82, 2.24) is 10.2 Å². The fourth-order valence-corrected chi connectivity index (χ4v) is 2.33. The lowest BCUT2D eigenvalue weighted by molar-refractivity contribution is 0.182. The van der Waals surface area contributed by atoms with Gasteiger partial charge in [0.1, 0.15) is 5.82 Å². The van der Waals surface area contributed by atoms with Gasteiger partial charge in [0.2, 0.25) is 5.89 Å². The van der Waals surface area contributed by atoms with Crippen molar-refractivity contribution in [3.8, 4) is 11.5 Å². The summed E-state index contributed by atoms with van der Waals surface area (Å²) in [7, 11) is 1.66. The van der Waals surface area contributed by atoms with Crippen LogP contribution >= 0.6 is 0 Å². The van der Waals surface area contributed by atoms with Crippen LogP contribution < -0.4 is 0 Å². The minimum atomic E-state index is -0.327. The predicted molar refractivity (Wildman–Crippen MR) is 83.3 cm³/mol. The highest BCUT2D eigenvalue weighted by Gasteiger charge is 2.19. The molecular weight excluding hydrogens is 283 g/mol. The fourth-order valence-electron chi connectivity index (χ4n) is 2.33. The highest BCUT2D eigenvalue weighted by molar-refractivity contribution is 5.54. The van der Waals surface area contributed by atoms with Gasteiger partial charge >= 0.3 is 0 Å². The second kappa shape index (κ2) is 7.49. The summed E-state index contributed by atoms with van der Waals surface area (Å²) < 4.78 is 25.0. The summed E-state index contributed by atoms with van der Waals surface area (Å²) in [5.74, 6) is 0.867. The average Bonchev–Trinajstić information content (AvgIpc) is 2.97. The SMILES string of the molecule is CCC(CCOC)c1nnc(-c2ccc(C(C)C)cc2F)o1. The normalized spacial score (nSPS) is 12.8.